The van der Waals surface area contributed by atoms with Crippen LogP contribution in [-0.4, -0.2) is 90.1 Å². The number of aliphatic hydroxyl groups excluding tert-OH is 1. The highest BCUT2D eigenvalue weighted by Crippen LogP contribution is 2.34. The number of fused-ring (bicyclic) bond motifs is 1. The summed E-state index contributed by atoms with van der Waals surface area (Å²) in [6.45, 7) is 0.175. The average Bonchev–Trinajstić information content (AvgIpc) is 2.97. The number of carbonyl (C=O) groups is 6. The Kier molecular flexibility index (Phi) is 10.6. The highest BCUT2D eigenvalue weighted by atomic mass is 16.5. The summed E-state index contributed by atoms with van der Waals surface area (Å²) in [6.07, 6.45) is -0.134. The van der Waals surface area contributed by atoms with Crippen LogP contribution in [0.5, 0.6) is 11.5 Å². The zero-order valence-electron chi connectivity index (χ0n) is 23.0. The van der Waals surface area contributed by atoms with E-state index in [-0.39, 0.29) is 47.7 Å². The standard InChI is InChI=1S/C28H32N4O10/c1-3-16-10-17(11-22(42-2)26(16)39)27(40)30-19-8-9-31(24(36)15-34)20-6-4-5-7-21(20)32(28(19)41)13-23(35)29-18(14-33)12-25(37)38/h4-7,10-11,14,18-19,34,39H,3,8-9,12-13,15H2,1-2H3,(H,29,35)(H,30,40)(H,37,38)/t18-,19-/m0/s1. The van der Waals surface area contributed by atoms with Gasteiger partial charge in [-0.3, -0.25) is 28.9 Å². The second-order valence-electron chi connectivity index (χ2n) is 9.38. The molecule has 4 amide bonds. The summed E-state index contributed by atoms with van der Waals surface area (Å²) in [5.41, 5.74) is 0.850. The lowest BCUT2D eigenvalue weighted by atomic mass is 10.0. The van der Waals surface area contributed by atoms with Crippen LogP contribution >= 0.6 is 0 Å². The third kappa shape index (κ3) is 7.20. The van der Waals surface area contributed by atoms with Crippen molar-refractivity contribution < 1.29 is 48.8 Å². The predicted octanol–water partition coefficient (Wildman–Crippen LogP) is -0.0178. The van der Waals surface area contributed by atoms with Crippen molar-refractivity contribution in [3.8, 4) is 11.5 Å². The van der Waals surface area contributed by atoms with Crippen LogP contribution in [0.3, 0.4) is 0 Å². The number of carbonyl (C=O) groups excluding carboxylic acids is 5. The summed E-state index contributed by atoms with van der Waals surface area (Å²) in [7, 11) is 1.33. The average molecular weight is 585 g/mol. The van der Waals surface area contributed by atoms with Gasteiger partial charge in [-0.25, -0.2) is 0 Å². The van der Waals surface area contributed by atoms with E-state index in [1.165, 1.54) is 36.3 Å². The molecule has 2 aromatic rings. The van der Waals surface area contributed by atoms with Crippen LogP contribution in [0.1, 0.15) is 35.7 Å². The minimum atomic E-state index is -1.35. The Morgan fingerprint density at radius 2 is 1.86 bits per heavy atom. The monoisotopic (exact) mass is 584 g/mol. The fourth-order valence-electron chi connectivity index (χ4n) is 4.55. The molecule has 5 N–H and O–H groups in total. The molecule has 0 spiro atoms. The van der Waals surface area contributed by atoms with E-state index in [9.17, 15) is 39.0 Å². The molecule has 0 saturated carbocycles. The van der Waals surface area contributed by atoms with Crippen molar-refractivity contribution in [1.29, 1.82) is 0 Å². The summed E-state index contributed by atoms with van der Waals surface area (Å²) < 4.78 is 5.16. The number of aryl methyl sites for hydroxylation is 1. The number of para-hydroxylation sites is 2. The number of anilines is 2. The fourth-order valence-corrected chi connectivity index (χ4v) is 4.55. The van der Waals surface area contributed by atoms with Crippen molar-refractivity contribution in [1.82, 2.24) is 10.6 Å². The van der Waals surface area contributed by atoms with Crippen molar-refractivity contribution >= 4 is 47.3 Å². The van der Waals surface area contributed by atoms with E-state index in [2.05, 4.69) is 10.6 Å². The van der Waals surface area contributed by atoms with Crippen molar-refractivity contribution in [2.75, 3.05) is 36.6 Å². The zero-order valence-corrected chi connectivity index (χ0v) is 23.0. The number of benzene rings is 2. The van der Waals surface area contributed by atoms with Gasteiger partial charge in [-0.1, -0.05) is 19.1 Å². The second-order valence-corrected chi connectivity index (χ2v) is 9.38. The molecule has 0 bridgehead atoms. The van der Waals surface area contributed by atoms with Crippen LogP contribution in [0.4, 0.5) is 11.4 Å². The molecule has 2 atom stereocenters. The first-order valence-electron chi connectivity index (χ1n) is 13.0. The maximum Gasteiger partial charge on any atom is 0.305 e. The maximum absolute atomic E-state index is 13.9. The molecule has 224 valence electrons. The zero-order chi connectivity index (χ0) is 31.0. The van der Waals surface area contributed by atoms with E-state index in [0.29, 0.717) is 12.0 Å². The van der Waals surface area contributed by atoms with Crippen molar-refractivity contribution in [3.63, 3.8) is 0 Å². The number of hydrogen-bond donors (Lipinski definition) is 5. The normalized spacial score (nSPS) is 15.5. The van der Waals surface area contributed by atoms with Crippen LogP contribution in [0.25, 0.3) is 0 Å². The number of rotatable bonds is 11. The van der Waals surface area contributed by atoms with E-state index in [0.717, 1.165) is 4.90 Å². The Balaban J connectivity index is 2.01. The topological polar surface area (TPSA) is 203 Å². The maximum atomic E-state index is 13.9. The van der Waals surface area contributed by atoms with Crippen LogP contribution in [0, 0.1) is 0 Å². The molecule has 0 unspecified atom stereocenters. The van der Waals surface area contributed by atoms with Gasteiger partial charge in [0, 0.05) is 12.1 Å². The van der Waals surface area contributed by atoms with E-state index in [4.69, 9.17) is 9.84 Å². The molecule has 1 aliphatic heterocycles. The second kappa shape index (κ2) is 14.1. The summed E-state index contributed by atoms with van der Waals surface area (Å²) in [5, 5.41) is 33.8. The molecule has 14 nitrogen and oxygen atoms in total. The van der Waals surface area contributed by atoms with Gasteiger partial charge >= 0.3 is 5.97 Å². The number of amides is 4. The minimum Gasteiger partial charge on any atom is -0.504 e. The smallest absolute Gasteiger partial charge is 0.305 e. The lowest BCUT2D eigenvalue weighted by Gasteiger charge is -2.35. The number of aromatic hydroxyl groups is 1. The number of carboxylic acids is 1. The number of phenolic OH excluding ortho intramolecular Hbond substituents is 1. The number of aliphatic hydroxyl groups is 1. The molecular weight excluding hydrogens is 552 g/mol. The number of carboxylic acid groups (broad SMARTS) is 1. The quantitative estimate of drug-likeness (QED) is 0.223. The molecule has 1 heterocycles. The van der Waals surface area contributed by atoms with Gasteiger partial charge in [0.05, 0.1) is 30.9 Å². The molecule has 0 radical (unpaired) electrons. The summed E-state index contributed by atoms with van der Waals surface area (Å²) in [4.78, 5) is 77.4. The Morgan fingerprint density at radius 1 is 1.17 bits per heavy atom. The van der Waals surface area contributed by atoms with Crippen LogP contribution < -0.4 is 25.2 Å². The highest BCUT2D eigenvalue weighted by molar-refractivity contribution is 6.09. The van der Waals surface area contributed by atoms with Crippen LogP contribution in [0.2, 0.25) is 0 Å². The van der Waals surface area contributed by atoms with Gasteiger partial charge in [-0.15, -0.1) is 0 Å². The highest BCUT2D eigenvalue weighted by Gasteiger charge is 2.35. The summed E-state index contributed by atoms with van der Waals surface area (Å²) >= 11 is 0. The number of nitrogens with one attached hydrogen (secondary N) is 2. The lowest BCUT2D eigenvalue weighted by Crippen LogP contribution is -2.55. The number of ether oxygens (including phenoxy) is 1. The Labute approximate surface area is 240 Å². The van der Waals surface area contributed by atoms with Gasteiger partial charge in [0.1, 0.15) is 25.5 Å². The molecule has 14 heteroatoms. The third-order valence-corrected chi connectivity index (χ3v) is 6.63. The number of phenols is 1. The van der Waals surface area contributed by atoms with Gasteiger partial charge in [0.2, 0.25) is 11.8 Å². The molecule has 3 rings (SSSR count). The third-order valence-electron chi connectivity index (χ3n) is 6.63. The first kappa shape index (κ1) is 31.5. The molecule has 42 heavy (non-hydrogen) atoms. The Hall–Kier alpha value is -4.98. The van der Waals surface area contributed by atoms with Gasteiger partial charge in [-0.05, 0) is 42.7 Å². The van der Waals surface area contributed by atoms with Crippen molar-refractivity contribution in [2.24, 2.45) is 0 Å². The van der Waals surface area contributed by atoms with Crippen molar-refractivity contribution in [2.45, 2.75) is 38.3 Å². The van der Waals surface area contributed by atoms with Gasteiger partial charge < -0.3 is 40.4 Å². The van der Waals surface area contributed by atoms with Gasteiger partial charge in [0.15, 0.2) is 11.5 Å². The Bertz CT molecular complexity index is 1350. The van der Waals surface area contributed by atoms with Crippen LogP contribution in [-0.2, 0) is 30.4 Å². The number of aldehydes is 1. The predicted molar refractivity (Wildman–Crippen MR) is 148 cm³/mol. The number of methoxy groups -OCH3 is 1. The number of aliphatic carboxylic acids is 1. The van der Waals surface area contributed by atoms with E-state index in [1.807, 2.05) is 0 Å². The van der Waals surface area contributed by atoms with Gasteiger partial charge in [-0.2, -0.15) is 0 Å². The van der Waals surface area contributed by atoms with E-state index in [1.54, 1.807) is 19.1 Å². The number of hydrogen-bond acceptors (Lipinski definition) is 9. The van der Waals surface area contributed by atoms with E-state index < -0.39 is 61.3 Å². The molecule has 0 saturated heterocycles. The largest absolute Gasteiger partial charge is 0.504 e. The molecule has 1 aliphatic rings. The lowest BCUT2D eigenvalue weighted by molar-refractivity contribution is -0.139. The van der Waals surface area contributed by atoms with E-state index >= 15 is 0 Å². The SMILES string of the molecule is CCc1cc(C(=O)N[C@H]2CCN(C(=O)CO)c3ccccc3N(CC(=O)N[C@H](C=O)CC(=O)O)C2=O)cc(OC)c1O. The summed E-state index contributed by atoms with van der Waals surface area (Å²) in [5.74, 6) is -4.35. The Morgan fingerprint density at radius 3 is 2.45 bits per heavy atom. The fraction of sp³-hybridized carbons (Fsp3) is 0.357. The molecule has 2 aromatic carbocycles. The molecule has 0 aromatic heterocycles. The number of nitrogens with zero attached hydrogens (tertiary/aromatic N) is 2. The van der Waals surface area contributed by atoms with Crippen molar-refractivity contribution in [3.05, 3.63) is 47.5 Å². The molecule has 0 aliphatic carbocycles. The first-order chi connectivity index (χ1) is 20.0. The molecular formula is C28H32N4O10. The molecule has 0 fully saturated rings. The van der Waals surface area contributed by atoms with Crippen LogP contribution in [0.15, 0.2) is 36.4 Å². The van der Waals surface area contributed by atoms with Gasteiger partial charge in [0.25, 0.3) is 11.8 Å². The first-order valence-corrected chi connectivity index (χ1v) is 13.0. The minimum absolute atomic E-state index is 0.0570. The summed E-state index contributed by atoms with van der Waals surface area (Å²) in [6, 6.07) is 6.28.